The monoisotopic (exact) mass is 316 g/mol. The van der Waals surface area contributed by atoms with Crippen LogP contribution in [0.4, 0.5) is 5.69 Å². The fourth-order valence-electron chi connectivity index (χ4n) is 2.22. The number of amides is 1. The summed E-state index contributed by atoms with van der Waals surface area (Å²) < 4.78 is 3.54. The Hall–Kier alpha value is -2.41. The van der Waals surface area contributed by atoms with Gasteiger partial charge >= 0.3 is 0 Å². The predicted molar refractivity (Wildman–Crippen MR) is 90.9 cm³/mol. The summed E-state index contributed by atoms with van der Waals surface area (Å²) in [6.45, 7) is 8.10. The molecule has 0 saturated carbocycles. The SMILES string of the molecule is CCN(CC)CCn1cc(NC(=O)C=Cc2cnn(C)c2)cn1. The first-order valence-electron chi connectivity index (χ1n) is 7.83. The van der Waals surface area contributed by atoms with Crippen molar-refractivity contribution in [2.24, 2.45) is 7.05 Å². The van der Waals surface area contributed by atoms with Gasteiger partial charge < -0.3 is 10.2 Å². The number of nitrogens with zero attached hydrogens (tertiary/aromatic N) is 5. The summed E-state index contributed by atoms with van der Waals surface area (Å²) in [7, 11) is 1.84. The van der Waals surface area contributed by atoms with Crippen LogP contribution < -0.4 is 5.32 Å². The number of aromatic nitrogens is 4. The highest BCUT2D eigenvalue weighted by atomic mass is 16.1. The number of nitrogens with one attached hydrogen (secondary N) is 1. The molecule has 0 unspecified atom stereocenters. The lowest BCUT2D eigenvalue weighted by atomic mass is 10.3. The van der Waals surface area contributed by atoms with Crippen LogP contribution in [0.15, 0.2) is 30.9 Å². The smallest absolute Gasteiger partial charge is 0.248 e. The zero-order valence-corrected chi connectivity index (χ0v) is 13.9. The first kappa shape index (κ1) is 17.0. The van der Waals surface area contributed by atoms with Gasteiger partial charge in [-0.15, -0.1) is 0 Å². The van der Waals surface area contributed by atoms with Crippen LogP contribution in [0.2, 0.25) is 0 Å². The maximum Gasteiger partial charge on any atom is 0.248 e. The fourth-order valence-corrected chi connectivity index (χ4v) is 2.22. The minimum Gasteiger partial charge on any atom is -0.320 e. The van der Waals surface area contributed by atoms with Gasteiger partial charge in [-0.2, -0.15) is 10.2 Å². The second-order valence-electron chi connectivity index (χ2n) is 5.29. The van der Waals surface area contributed by atoms with Gasteiger partial charge in [0.15, 0.2) is 0 Å². The quantitative estimate of drug-likeness (QED) is 0.751. The van der Waals surface area contributed by atoms with E-state index in [-0.39, 0.29) is 5.91 Å². The molecular formula is C16H24N6O. The van der Waals surface area contributed by atoms with E-state index in [1.807, 2.05) is 24.1 Å². The van der Waals surface area contributed by atoms with Crippen molar-refractivity contribution < 1.29 is 4.79 Å². The first-order valence-corrected chi connectivity index (χ1v) is 7.83. The van der Waals surface area contributed by atoms with Gasteiger partial charge in [-0.25, -0.2) is 0 Å². The lowest BCUT2D eigenvalue weighted by Crippen LogP contribution is -2.27. The largest absolute Gasteiger partial charge is 0.320 e. The Morgan fingerprint density at radius 1 is 1.26 bits per heavy atom. The van der Waals surface area contributed by atoms with Gasteiger partial charge in [0.2, 0.25) is 5.91 Å². The molecule has 7 nitrogen and oxygen atoms in total. The van der Waals surface area contributed by atoms with Gasteiger partial charge in [-0.1, -0.05) is 13.8 Å². The summed E-state index contributed by atoms with van der Waals surface area (Å²) >= 11 is 0. The Bertz CT molecular complexity index is 653. The molecule has 0 fully saturated rings. The molecule has 0 spiro atoms. The van der Waals surface area contributed by atoms with Crippen LogP contribution in [0.5, 0.6) is 0 Å². The van der Waals surface area contributed by atoms with E-state index in [4.69, 9.17) is 0 Å². The normalized spacial score (nSPS) is 11.5. The van der Waals surface area contributed by atoms with Crippen molar-refractivity contribution in [1.82, 2.24) is 24.5 Å². The average Bonchev–Trinajstić information content (AvgIpc) is 3.15. The summed E-state index contributed by atoms with van der Waals surface area (Å²) in [5, 5.41) is 11.1. The lowest BCUT2D eigenvalue weighted by Gasteiger charge is -2.17. The maximum absolute atomic E-state index is 11.9. The van der Waals surface area contributed by atoms with Crippen molar-refractivity contribution in [2.75, 3.05) is 25.0 Å². The Morgan fingerprint density at radius 3 is 2.70 bits per heavy atom. The van der Waals surface area contributed by atoms with Gasteiger partial charge in [-0.3, -0.25) is 14.2 Å². The number of carbonyl (C=O) groups excluding carboxylic acids is 1. The van der Waals surface area contributed by atoms with Crippen molar-refractivity contribution in [3.63, 3.8) is 0 Å². The standard InChI is InChI=1S/C16H24N6O/c1-4-21(5-2)8-9-22-13-15(11-18-22)19-16(23)7-6-14-10-17-20(3)12-14/h6-7,10-13H,4-5,8-9H2,1-3H3,(H,19,23). The molecule has 0 radical (unpaired) electrons. The molecule has 0 aliphatic carbocycles. The Kier molecular flexibility index (Phi) is 6.10. The summed E-state index contributed by atoms with van der Waals surface area (Å²) in [4.78, 5) is 14.2. The molecule has 23 heavy (non-hydrogen) atoms. The van der Waals surface area contributed by atoms with Crippen molar-refractivity contribution in [1.29, 1.82) is 0 Å². The molecule has 0 aromatic carbocycles. The van der Waals surface area contributed by atoms with E-state index >= 15 is 0 Å². The molecule has 2 aromatic rings. The molecule has 2 heterocycles. The van der Waals surface area contributed by atoms with Crippen molar-refractivity contribution in [3.05, 3.63) is 36.4 Å². The second kappa shape index (κ2) is 8.28. The van der Waals surface area contributed by atoms with Gasteiger partial charge in [0.1, 0.15) is 0 Å². The first-order chi connectivity index (χ1) is 11.1. The van der Waals surface area contributed by atoms with E-state index in [9.17, 15) is 4.79 Å². The molecule has 7 heteroatoms. The number of hydrogen-bond donors (Lipinski definition) is 1. The zero-order chi connectivity index (χ0) is 16.7. The van der Waals surface area contributed by atoms with Crippen LogP contribution in [-0.2, 0) is 18.4 Å². The summed E-state index contributed by atoms with van der Waals surface area (Å²) in [6.07, 6.45) is 10.3. The number of rotatable bonds is 8. The van der Waals surface area contributed by atoms with E-state index in [0.717, 1.165) is 31.7 Å². The minimum absolute atomic E-state index is 0.183. The Labute approximate surface area is 136 Å². The van der Waals surface area contributed by atoms with Crippen LogP contribution in [0.3, 0.4) is 0 Å². The third-order valence-corrected chi connectivity index (χ3v) is 3.59. The Morgan fingerprint density at radius 2 is 2.04 bits per heavy atom. The van der Waals surface area contributed by atoms with Gasteiger partial charge in [0, 0.05) is 37.6 Å². The van der Waals surface area contributed by atoms with E-state index in [2.05, 4.69) is 34.3 Å². The van der Waals surface area contributed by atoms with E-state index in [0.29, 0.717) is 5.69 Å². The molecule has 0 aliphatic heterocycles. The van der Waals surface area contributed by atoms with Crippen molar-refractivity contribution in [2.45, 2.75) is 20.4 Å². The highest BCUT2D eigenvalue weighted by molar-refractivity contribution is 6.01. The lowest BCUT2D eigenvalue weighted by molar-refractivity contribution is -0.111. The molecule has 0 aliphatic rings. The molecule has 0 bridgehead atoms. The van der Waals surface area contributed by atoms with E-state index < -0.39 is 0 Å². The number of aryl methyl sites for hydroxylation is 1. The number of carbonyl (C=O) groups is 1. The summed E-state index contributed by atoms with van der Waals surface area (Å²) in [5.41, 5.74) is 1.59. The van der Waals surface area contributed by atoms with E-state index in [1.165, 1.54) is 6.08 Å². The highest BCUT2D eigenvalue weighted by Crippen LogP contribution is 2.06. The molecule has 124 valence electrons. The summed E-state index contributed by atoms with van der Waals surface area (Å²) in [6, 6.07) is 0. The van der Waals surface area contributed by atoms with Crippen LogP contribution in [0, 0.1) is 0 Å². The van der Waals surface area contributed by atoms with E-state index in [1.54, 1.807) is 23.2 Å². The average molecular weight is 316 g/mol. The minimum atomic E-state index is -0.183. The maximum atomic E-state index is 11.9. The third kappa shape index (κ3) is 5.37. The zero-order valence-electron chi connectivity index (χ0n) is 13.9. The van der Waals surface area contributed by atoms with Crippen LogP contribution in [0.25, 0.3) is 6.08 Å². The Balaban J connectivity index is 1.83. The van der Waals surface area contributed by atoms with Gasteiger partial charge in [0.05, 0.1) is 24.6 Å². The van der Waals surface area contributed by atoms with Gasteiger partial charge in [-0.05, 0) is 19.2 Å². The van der Waals surface area contributed by atoms with Crippen molar-refractivity contribution in [3.8, 4) is 0 Å². The molecule has 0 atom stereocenters. The molecule has 1 amide bonds. The van der Waals surface area contributed by atoms with Gasteiger partial charge in [0.25, 0.3) is 0 Å². The molecule has 2 rings (SSSR count). The second-order valence-corrected chi connectivity index (χ2v) is 5.29. The topological polar surface area (TPSA) is 68.0 Å². The summed E-state index contributed by atoms with van der Waals surface area (Å²) in [5.74, 6) is -0.183. The number of hydrogen-bond acceptors (Lipinski definition) is 4. The molecule has 2 aromatic heterocycles. The molecule has 0 saturated heterocycles. The van der Waals surface area contributed by atoms with Crippen LogP contribution in [0.1, 0.15) is 19.4 Å². The van der Waals surface area contributed by atoms with Crippen LogP contribution >= 0.6 is 0 Å². The molecular weight excluding hydrogens is 292 g/mol. The highest BCUT2D eigenvalue weighted by Gasteiger charge is 2.04. The number of likely N-dealkylation sites (N-methyl/N-ethyl adjacent to an activating group) is 1. The van der Waals surface area contributed by atoms with Crippen LogP contribution in [-0.4, -0.2) is 50.0 Å². The fraction of sp³-hybridized carbons (Fsp3) is 0.438. The predicted octanol–water partition coefficient (Wildman–Crippen LogP) is 1.61. The number of anilines is 1. The molecule has 1 N–H and O–H groups in total. The van der Waals surface area contributed by atoms with Crippen molar-refractivity contribution >= 4 is 17.7 Å². The third-order valence-electron chi connectivity index (χ3n) is 3.59.